The van der Waals surface area contributed by atoms with Crippen molar-refractivity contribution in [2.75, 3.05) is 7.05 Å². The molecule has 0 aliphatic carbocycles. The number of hydrogen-bond donors (Lipinski definition) is 1. The second kappa shape index (κ2) is 4.63. The Hall–Kier alpha value is -1.39. The molecule has 84 valence electrons. The fraction of sp³-hybridized carbons (Fsp3) is 0.273. The molecule has 0 fully saturated rings. The Morgan fingerprint density at radius 1 is 1.44 bits per heavy atom. The molecular formula is C11H13ClN4. The minimum atomic E-state index is 0.708. The predicted octanol–water partition coefficient (Wildman–Crippen LogP) is 1.95. The maximum absolute atomic E-state index is 6.06. The maximum atomic E-state index is 6.06. The molecule has 4 nitrogen and oxygen atoms in total. The second-order valence-corrected chi connectivity index (χ2v) is 4.03. The van der Waals surface area contributed by atoms with Gasteiger partial charge in [-0.2, -0.15) is 0 Å². The molecule has 1 aromatic carbocycles. The van der Waals surface area contributed by atoms with E-state index in [9.17, 15) is 0 Å². The van der Waals surface area contributed by atoms with Crippen molar-refractivity contribution in [1.82, 2.24) is 20.3 Å². The molecule has 0 bridgehead atoms. The lowest BCUT2D eigenvalue weighted by atomic mass is 10.2. The van der Waals surface area contributed by atoms with Gasteiger partial charge in [-0.3, -0.25) is 0 Å². The van der Waals surface area contributed by atoms with Crippen molar-refractivity contribution < 1.29 is 0 Å². The summed E-state index contributed by atoms with van der Waals surface area (Å²) in [5.41, 5.74) is 2.88. The van der Waals surface area contributed by atoms with E-state index >= 15 is 0 Å². The van der Waals surface area contributed by atoms with Crippen LogP contribution in [-0.2, 0) is 6.54 Å². The molecule has 16 heavy (non-hydrogen) atoms. The standard InChI is InChI=1S/C11H13ClN4/c1-8-3-4-10(5-11(8)12)16-7-9(6-13-2)14-15-16/h3-5,7,13H,6H2,1-2H3. The highest BCUT2D eigenvalue weighted by atomic mass is 35.5. The summed E-state index contributed by atoms with van der Waals surface area (Å²) in [5.74, 6) is 0. The van der Waals surface area contributed by atoms with E-state index in [1.54, 1.807) is 4.68 Å². The normalized spacial score (nSPS) is 10.7. The molecule has 0 aliphatic rings. The Kier molecular flexibility index (Phi) is 3.22. The van der Waals surface area contributed by atoms with Crippen molar-refractivity contribution in [3.8, 4) is 5.69 Å². The molecule has 0 spiro atoms. The molecule has 0 radical (unpaired) electrons. The Morgan fingerprint density at radius 3 is 2.94 bits per heavy atom. The molecule has 0 amide bonds. The summed E-state index contributed by atoms with van der Waals surface area (Å²) in [6.07, 6.45) is 1.89. The number of aryl methyl sites for hydroxylation is 1. The van der Waals surface area contributed by atoms with E-state index in [1.807, 2.05) is 38.4 Å². The third-order valence-electron chi connectivity index (χ3n) is 2.32. The first kappa shape index (κ1) is 11.1. The van der Waals surface area contributed by atoms with Gasteiger partial charge in [-0.05, 0) is 31.7 Å². The SMILES string of the molecule is CNCc1cn(-c2ccc(C)c(Cl)c2)nn1. The molecule has 5 heteroatoms. The summed E-state index contributed by atoms with van der Waals surface area (Å²) >= 11 is 6.06. The molecule has 0 saturated heterocycles. The number of nitrogens with one attached hydrogen (secondary N) is 1. The lowest BCUT2D eigenvalue weighted by Crippen LogP contribution is -2.04. The zero-order valence-electron chi connectivity index (χ0n) is 9.24. The van der Waals surface area contributed by atoms with Crippen molar-refractivity contribution in [3.63, 3.8) is 0 Å². The zero-order chi connectivity index (χ0) is 11.5. The van der Waals surface area contributed by atoms with Gasteiger partial charge in [-0.1, -0.05) is 22.9 Å². The number of nitrogens with zero attached hydrogens (tertiary/aromatic N) is 3. The maximum Gasteiger partial charge on any atom is 0.0969 e. The number of hydrogen-bond acceptors (Lipinski definition) is 3. The summed E-state index contributed by atoms with van der Waals surface area (Å²) < 4.78 is 1.72. The molecule has 1 aromatic heterocycles. The van der Waals surface area contributed by atoms with Crippen LogP contribution >= 0.6 is 11.6 Å². The fourth-order valence-corrected chi connectivity index (χ4v) is 1.59. The fourth-order valence-electron chi connectivity index (χ4n) is 1.41. The molecule has 2 aromatic rings. The van der Waals surface area contributed by atoms with Gasteiger partial charge in [0.25, 0.3) is 0 Å². The van der Waals surface area contributed by atoms with Gasteiger partial charge in [0.05, 0.1) is 17.6 Å². The van der Waals surface area contributed by atoms with E-state index in [2.05, 4.69) is 15.6 Å². The van der Waals surface area contributed by atoms with Crippen LogP contribution in [0.2, 0.25) is 5.02 Å². The van der Waals surface area contributed by atoms with E-state index in [4.69, 9.17) is 11.6 Å². The van der Waals surface area contributed by atoms with Crippen LogP contribution in [0.3, 0.4) is 0 Å². The van der Waals surface area contributed by atoms with Crippen molar-refractivity contribution in [3.05, 3.63) is 40.7 Å². The monoisotopic (exact) mass is 236 g/mol. The zero-order valence-corrected chi connectivity index (χ0v) is 9.99. The van der Waals surface area contributed by atoms with Crippen molar-refractivity contribution in [2.24, 2.45) is 0 Å². The Balaban J connectivity index is 2.31. The average molecular weight is 237 g/mol. The highest BCUT2D eigenvalue weighted by Gasteiger charge is 2.03. The Morgan fingerprint density at radius 2 is 2.25 bits per heavy atom. The van der Waals surface area contributed by atoms with Crippen molar-refractivity contribution in [2.45, 2.75) is 13.5 Å². The van der Waals surface area contributed by atoms with Gasteiger partial charge in [0.15, 0.2) is 0 Å². The van der Waals surface area contributed by atoms with Crippen LogP contribution in [-0.4, -0.2) is 22.0 Å². The minimum absolute atomic E-state index is 0.708. The van der Waals surface area contributed by atoms with Crippen LogP contribution < -0.4 is 5.32 Å². The lowest BCUT2D eigenvalue weighted by Gasteiger charge is -2.02. The molecule has 1 heterocycles. The molecule has 2 rings (SSSR count). The summed E-state index contributed by atoms with van der Waals surface area (Å²) in [5, 5.41) is 11.9. The third kappa shape index (κ3) is 2.23. The van der Waals surface area contributed by atoms with Gasteiger partial charge in [-0.25, -0.2) is 4.68 Å². The Bertz CT molecular complexity index is 492. The first-order valence-electron chi connectivity index (χ1n) is 5.03. The second-order valence-electron chi connectivity index (χ2n) is 3.62. The number of rotatable bonds is 3. The topological polar surface area (TPSA) is 42.7 Å². The van der Waals surface area contributed by atoms with Crippen LogP contribution in [0.4, 0.5) is 0 Å². The van der Waals surface area contributed by atoms with Gasteiger partial charge in [0.1, 0.15) is 0 Å². The predicted molar refractivity (Wildman–Crippen MR) is 63.9 cm³/mol. The molecule has 0 saturated carbocycles. The van der Waals surface area contributed by atoms with Gasteiger partial charge < -0.3 is 5.32 Å². The van der Waals surface area contributed by atoms with Gasteiger partial charge in [0.2, 0.25) is 0 Å². The molecule has 0 atom stereocenters. The van der Waals surface area contributed by atoms with Crippen molar-refractivity contribution in [1.29, 1.82) is 0 Å². The Labute approximate surface area is 99.2 Å². The number of aromatic nitrogens is 3. The van der Waals surface area contributed by atoms with E-state index in [-0.39, 0.29) is 0 Å². The van der Waals surface area contributed by atoms with Gasteiger partial charge >= 0.3 is 0 Å². The summed E-state index contributed by atoms with van der Waals surface area (Å²) in [7, 11) is 1.88. The van der Waals surface area contributed by atoms with E-state index in [0.29, 0.717) is 6.54 Å². The van der Waals surface area contributed by atoms with Gasteiger partial charge in [-0.15, -0.1) is 5.10 Å². The molecule has 1 N–H and O–H groups in total. The van der Waals surface area contributed by atoms with Crippen LogP contribution in [0.25, 0.3) is 5.69 Å². The summed E-state index contributed by atoms with van der Waals surface area (Å²) in [6.45, 7) is 2.68. The van der Waals surface area contributed by atoms with E-state index in [1.165, 1.54) is 0 Å². The average Bonchev–Trinajstić information content (AvgIpc) is 2.71. The largest absolute Gasteiger partial charge is 0.314 e. The first-order chi connectivity index (χ1) is 7.70. The number of halogens is 1. The quantitative estimate of drug-likeness (QED) is 0.886. The summed E-state index contributed by atoms with van der Waals surface area (Å²) in [6, 6.07) is 5.82. The van der Waals surface area contributed by atoms with Crippen LogP contribution in [0.15, 0.2) is 24.4 Å². The smallest absolute Gasteiger partial charge is 0.0969 e. The van der Waals surface area contributed by atoms with Gasteiger partial charge in [0, 0.05) is 11.6 Å². The highest BCUT2D eigenvalue weighted by Crippen LogP contribution is 2.18. The first-order valence-corrected chi connectivity index (χ1v) is 5.41. The van der Waals surface area contributed by atoms with Crippen LogP contribution in [0.1, 0.15) is 11.3 Å². The van der Waals surface area contributed by atoms with Crippen molar-refractivity contribution >= 4 is 11.6 Å². The third-order valence-corrected chi connectivity index (χ3v) is 2.73. The van der Waals surface area contributed by atoms with Crippen LogP contribution in [0.5, 0.6) is 0 Å². The summed E-state index contributed by atoms with van der Waals surface area (Å²) in [4.78, 5) is 0. The van der Waals surface area contributed by atoms with E-state index < -0.39 is 0 Å². The van der Waals surface area contributed by atoms with E-state index in [0.717, 1.165) is 22.0 Å². The molecular weight excluding hydrogens is 224 g/mol. The highest BCUT2D eigenvalue weighted by molar-refractivity contribution is 6.31. The number of benzene rings is 1. The molecule has 0 aliphatic heterocycles. The lowest BCUT2D eigenvalue weighted by molar-refractivity contribution is 0.767. The minimum Gasteiger partial charge on any atom is -0.314 e. The molecule has 0 unspecified atom stereocenters. The van der Waals surface area contributed by atoms with Crippen LogP contribution in [0, 0.1) is 6.92 Å².